The van der Waals surface area contributed by atoms with Gasteiger partial charge in [-0.05, 0) is 59.7 Å². The molecule has 1 aliphatic carbocycles. The molecule has 0 aliphatic heterocycles. The lowest BCUT2D eigenvalue weighted by Crippen LogP contribution is -2.26. The van der Waals surface area contributed by atoms with Crippen LogP contribution in [0.4, 0.5) is 5.69 Å². The van der Waals surface area contributed by atoms with Crippen LogP contribution in [0.25, 0.3) is 0 Å². The summed E-state index contributed by atoms with van der Waals surface area (Å²) in [6.07, 6.45) is 3.10. The zero-order valence-corrected chi connectivity index (χ0v) is 9.87. The van der Waals surface area contributed by atoms with Gasteiger partial charge in [0.25, 0.3) is 0 Å². The third-order valence-corrected chi connectivity index (χ3v) is 3.10. The summed E-state index contributed by atoms with van der Waals surface area (Å²) in [5.41, 5.74) is 0.884. The van der Waals surface area contributed by atoms with Gasteiger partial charge in [-0.15, -0.1) is 0 Å². The number of anilines is 1. The van der Waals surface area contributed by atoms with Gasteiger partial charge >= 0.3 is 0 Å². The normalized spacial score (nSPS) is 16.1. The van der Waals surface area contributed by atoms with E-state index >= 15 is 0 Å². The van der Waals surface area contributed by atoms with Gasteiger partial charge in [0.15, 0.2) is 0 Å². The number of carbonyl (C=O) groups excluding carboxylic acids is 1. The summed E-state index contributed by atoms with van der Waals surface area (Å²) in [5.74, 6) is 1.13. The first kappa shape index (κ1) is 9.96. The Bertz CT molecular complexity index is 330. The Morgan fingerprint density at radius 1 is 1.21 bits per heavy atom. The van der Waals surface area contributed by atoms with E-state index in [1.54, 1.807) is 0 Å². The molecule has 0 atom stereocenters. The third kappa shape index (κ3) is 2.26. The average Bonchev–Trinajstić information content (AvgIpc) is 2.06. The maximum Gasteiger partial charge on any atom is 0.231 e. The van der Waals surface area contributed by atoms with Crippen LogP contribution in [0.1, 0.15) is 19.3 Å². The molecule has 0 spiro atoms. The van der Waals surface area contributed by atoms with E-state index in [4.69, 9.17) is 0 Å². The van der Waals surface area contributed by atoms with E-state index in [0.717, 1.165) is 30.9 Å². The Hall–Kier alpha value is -0.580. The Balaban J connectivity index is 1.96. The number of benzene rings is 1. The molecule has 1 saturated carbocycles. The molecule has 2 rings (SSSR count). The van der Waals surface area contributed by atoms with Crippen LogP contribution in [0.3, 0.4) is 0 Å². The van der Waals surface area contributed by atoms with Gasteiger partial charge in [-0.3, -0.25) is 4.79 Å². The second-order valence-corrected chi connectivity index (χ2v) is 4.66. The Morgan fingerprint density at radius 2 is 1.86 bits per heavy atom. The number of carbonyl (C=O) groups is 1. The fourth-order valence-electron chi connectivity index (χ4n) is 1.33. The van der Waals surface area contributed by atoms with Crippen LogP contribution in [0.2, 0.25) is 0 Å². The number of hydrogen-bond donors (Lipinski definition) is 1. The minimum Gasteiger partial charge on any atom is -0.326 e. The van der Waals surface area contributed by atoms with Crippen LogP contribution >= 0.6 is 22.6 Å². The highest BCUT2D eigenvalue weighted by Gasteiger charge is 2.25. The molecule has 0 saturated heterocycles. The molecular weight excluding hydrogens is 289 g/mol. The molecule has 1 aromatic rings. The van der Waals surface area contributed by atoms with Crippen LogP contribution < -0.4 is 5.32 Å². The Morgan fingerprint density at radius 3 is 2.36 bits per heavy atom. The van der Waals surface area contributed by atoms with Crippen molar-refractivity contribution in [3.63, 3.8) is 0 Å². The summed E-state index contributed by atoms with van der Waals surface area (Å²) in [5, 5.41) is 2.89. The predicted molar refractivity (Wildman–Crippen MR) is 64.9 cm³/mol. The number of rotatable bonds is 2. The largest absolute Gasteiger partial charge is 0.326 e. The Labute approximate surface area is 97.2 Å². The minimum atomic E-state index is 0.0949. The van der Waals surface area contributed by atoms with Crippen molar-refractivity contribution < 1.29 is 4.79 Å². The zero-order chi connectivity index (χ0) is 9.97. The van der Waals surface area contributed by atoms with Crippen LogP contribution in [0, 0.1) is 9.49 Å². The van der Waals surface area contributed by atoms with E-state index in [2.05, 4.69) is 27.9 Å². The van der Waals surface area contributed by atoms with Crippen LogP contribution in [-0.2, 0) is 4.79 Å². The van der Waals surface area contributed by atoms with Crippen molar-refractivity contribution in [1.82, 2.24) is 0 Å². The molecule has 2 nitrogen and oxygen atoms in total. The van der Waals surface area contributed by atoms with Crippen molar-refractivity contribution in [2.75, 3.05) is 5.32 Å². The lowest BCUT2D eigenvalue weighted by Gasteiger charge is -2.23. The molecule has 0 unspecified atom stereocenters. The fraction of sp³-hybridized carbons (Fsp3) is 0.273. The molecule has 0 bridgehead atoms. The second-order valence-electron chi connectivity index (χ2n) is 3.42. The van der Waals surface area contributed by atoms with Crippen molar-refractivity contribution in [2.45, 2.75) is 19.3 Å². The van der Waals surface area contributed by atoms with E-state index in [9.17, 15) is 4.79 Å². The van der Waals surface area contributed by atoms with Gasteiger partial charge in [0.05, 0.1) is 5.92 Å². The fourth-order valence-corrected chi connectivity index (χ4v) is 1.69. The number of amides is 1. The highest BCUT2D eigenvalue weighted by molar-refractivity contribution is 14.1. The molecule has 1 fully saturated rings. The molecule has 1 radical (unpaired) electrons. The quantitative estimate of drug-likeness (QED) is 0.836. The summed E-state index contributed by atoms with van der Waals surface area (Å²) in [7, 11) is 0. The van der Waals surface area contributed by atoms with Crippen molar-refractivity contribution >= 4 is 34.2 Å². The molecule has 1 amide bonds. The lowest BCUT2D eigenvalue weighted by atomic mass is 9.85. The topological polar surface area (TPSA) is 29.1 Å². The molecular formula is C11H11INO. The maximum atomic E-state index is 11.5. The van der Waals surface area contributed by atoms with E-state index in [1.165, 1.54) is 3.57 Å². The third-order valence-electron chi connectivity index (χ3n) is 2.38. The predicted octanol–water partition coefficient (Wildman–Crippen LogP) is 2.99. The van der Waals surface area contributed by atoms with Gasteiger partial charge in [0.2, 0.25) is 5.91 Å². The SMILES string of the molecule is O=C(Nc1ccc(I)cc1)[C]1CCC1. The second kappa shape index (κ2) is 4.29. The molecule has 0 heterocycles. The van der Waals surface area contributed by atoms with Gasteiger partial charge < -0.3 is 5.32 Å². The highest BCUT2D eigenvalue weighted by Crippen LogP contribution is 2.29. The van der Waals surface area contributed by atoms with E-state index < -0.39 is 0 Å². The van der Waals surface area contributed by atoms with Crippen LogP contribution in [0.15, 0.2) is 24.3 Å². The standard InChI is InChI=1S/C11H11INO/c12-9-4-6-10(7-5-9)13-11(14)8-2-1-3-8/h4-7H,1-3H2,(H,13,14). The molecule has 14 heavy (non-hydrogen) atoms. The number of hydrogen-bond acceptors (Lipinski definition) is 1. The van der Waals surface area contributed by atoms with Crippen molar-refractivity contribution in [1.29, 1.82) is 0 Å². The summed E-state index contributed by atoms with van der Waals surface area (Å²) in [4.78, 5) is 11.5. The smallest absolute Gasteiger partial charge is 0.231 e. The summed E-state index contributed by atoms with van der Waals surface area (Å²) >= 11 is 2.24. The van der Waals surface area contributed by atoms with Crippen LogP contribution in [-0.4, -0.2) is 5.91 Å². The summed E-state index contributed by atoms with van der Waals surface area (Å²) in [6, 6.07) is 7.83. The summed E-state index contributed by atoms with van der Waals surface area (Å²) in [6.45, 7) is 0. The zero-order valence-electron chi connectivity index (χ0n) is 7.72. The lowest BCUT2D eigenvalue weighted by molar-refractivity contribution is -0.115. The molecule has 1 aromatic carbocycles. The monoisotopic (exact) mass is 300 g/mol. The highest BCUT2D eigenvalue weighted by atomic mass is 127. The van der Waals surface area contributed by atoms with Crippen molar-refractivity contribution in [3.05, 3.63) is 33.8 Å². The Kier molecular flexibility index (Phi) is 3.05. The van der Waals surface area contributed by atoms with Crippen molar-refractivity contribution in [2.24, 2.45) is 0 Å². The first-order valence-corrected chi connectivity index (χ1v) is 5.75. The first-order valence-electron chi connectivity index (χ1n) is 4.67. The summed E-state index contributed by atoms with van der Waals surface area (Å²) < 4.78 is 1.18. The number of halogens is 1. The van der Waals surface area contributed by atoms with Gasteiger partial charge in [-0.25, -0.2) is 0 Å². The van der Waals surface area contributed by atoms with Gasteiger partial charge in [0, 0.05) is 9.26 Å². The molecule has 1 N–H and O–H groups in total. The molecule has 73 valence electrons. The minimum absolute atomic E-state index is 0.0949. The maximum absolute atomic E-state index is 11.5. The van der Waals surface area contributed by atoms with Gasteiger partial charge in [-0.1, -0.05) is 6.42 Å². The number of nitrogens with one attached hydrogen (secondary N) is 1. The molecule has 1 aliphatic rings. The average molecular weight is 300 g/mol. The van der Waals surface area contributed by atoms with Crippen molar-refractivity contribution in [3.8, 4) is 0 Å². The molecule has 0 aromatic heterocycles. The molecule has 3 heteroatoms. The van der Waals surface area contributed by atoms with E-state index in [1.807, 2.05) is 24.3 Å². The van der Waals surface area contributed by atoms with E-state index in [0.29, 0.717) is 0 Å². The van der Waals surface area contributed by atoms with Gasteiger partial charge in [0.1, 0.15) is 0 Å². The van der Waals surface area contributed by atoms with Gasteiger partial charge in [-0.2, -0.15) is 0 Å². The first-order chi connectivity index (χ1) is 6.75. The van der Waals surface area contributed by atoms with E-state index in [-0.39, 0.29) is 5.91 Å². The van der Waals surface area contributed by atoms with Crippen LogP contribution in [0.5, 0.6) is 0 Å².